The van der Waals surface area contributed by atoms with Gasteiger partial charge in [0.15, 0.2) is 0 Å². The van der Waals surface area contributed by atoms with Crippen LogP contribution in [0.5, 0.6) is 0 Å². The molecule has 0 aliphatic rings. The van der Waals surface area contributed by atoms with Gasteiger partial charge in [-0.2, -0.15) is 0 Å². The Balaban J connectivity index is 0. The van der Waals surface area contributed by atoms with Crippen LogP contribution in [0.1, 0.15) is 20.7 Å². The van der Waals surface area contributed by atoms with Gasteiger partial charge in [0.2, 0.25) is 0 Å². The van der Waals surface area contributed by atoms with E-state index in [1.807, 2.05) is 0 Å². The van der Waals surface area contributed by atoms with Crippen LogP contribution in [0.15, 0.2) is 60.7 Å². The quantitative estimate of drug-likeness (QED) is 0.510. The van der Waals surface area contributed by atoms with Crippen LogP contribution in [0.2, 0.25) is 0 Å². The van der Waals surface area contributed by atoms with E-state index in [1.165, 1.54) is 24.3 Å². The maximum Gasteiger partial charge on any atom is 1.00 e. The Morgan fingerprint density at radius 2 is 0.900 bits per heavy atom. The maximum atomic E-state index is 10.1. The van der Waals surface area contributed by atoms with Crippen molar-refractivity contribution in [2.24, 2.45) is 0 Å². The van der Waals surface area contributed by atoms with Gasteiger partial charge in [-0.15, -0.1) is 0 Å². The number of rotatable bonds is 2. The normalized spacial score (nSPS) is 8.00. The maximum absolute atomic E-state index is 10.1. The molecular weight excluding hydrogens is 262 g/mol. The summed E-state index contributed by atoms with van der Waals surface area (Å²) in [6.07, 6.45) is 0. The summed E-state index contributed by atoms with van der Waals surface area (Å²) in [6.45, 7) is 0. The van der Waals surface area contributed by atoms with Crippen LogP contribution < -0.4 is 58.6 Å². The third-order valence-corrected chi connectivity index (χ3v) is 2.02. The van der Waals surface area contributed by atoms with Gasteiger partial charge >= 0.3 is 48.4 Å². The number of carbonyl (C=O) groups excluding carboxylic acids is 2. The fraction of sp³-hybridized carbons (Fsp3) is 0. The third-order valence-electron chi connectivity index (χ3n) is 2.02. The van der Waals surface area contributed by atoms with Crippen LogP contribution in [-0.4, -0.2) is 11.9 Å². The van der Waals surface area contributed by atoms with Gasteiger partial charge in [-0.25, -0.2) is 0 Å². The van der Waals surface area contributed by atoms with Gasteiger partial charge in [-0.3, -0.25) is 0 Å². The van der Waals surface area contributed by atoms with Gasteiger partial charge in [0.1, 0.15) is 0 Å². The zero-order valence-electron chi connectivity index (χ0n) is 11.4. The minimum Gasteiger partial charge on any atom is -0.545 e. The second-order valence-electron chi connectivity index (χ2n) is 3.31. The third kappa shape index (κ3) is 8.21. The molecule has 0 saturated heterocycles. The smallest absolute Gasteiger partial charge is 0.545 e. The molecule has 2 rings (SSSR count). The van der Waals surface area contributed by atoms with Crippen molar-refractivity contribution in [3.8, 4) is 0 Å². The zero-order chi connectivity index (χ0) is 13.4. The van der Waals surface area contributed by atoms with E-state index in [0.29, 0.717) is 0 Å². The molecular formula is C14H10LiNaO4. The molecule has 0 heterocycles. The van der Waals surface area contributed by atoms with E-state index in [0.717, 1.165) is 0 Å². The SMILES string of the molecule is O=C([O-])c1ccccc1.O=C([O-])c1ccccc1.[Li+].[Na+]. The summed E-state index contributed by atoms with van der Waals surface area (Å²) in [5.41, 5.74) is 0.440. The van der Waals surface area contributed by atoms with E-state index in [1.54, 1.807) is 36.4 Å². The van der Waals surface area contributed by atoms with Crippen molar-refractivity contribution in [2.45, 2.75) is 0 Å². The first kappa shape index (κ1) is 21.3. The summed E-state index contributed by atoms with van der Waals surface area (Å²) < 4.78 is 0. The van der Waals surface area contributed by atoms with Crippen molar-refractivity contribution in [3.05, 3.63) is 71.8 Å². The molecule has 6 heteroatoms. The average molecular weight is 272 g/mol. The Bertz CT molecular complexity index is 468. The molecule has 0 amide bonds. The number of carboxylic acid groups (broad SMARTS) is 2. The molecule has 0 fully saturated rings. The summed E-state index contributed by atoms with van der Waals surface area (Å²) in [5.74, 6) is -2.26. The first-order valence-corrected chi connectivity index (χ1v) is 5.14. The summed E-state index contributed by atoms with van der Waals surface area (Å²) in [7, 11) is 0. The van der Waals surface area contributed by atoms with Gasteiger partial charge in [0.25, 0.3) is 0 Å². The first-order chi connectivity index (χ1) is 8.61. The van der Waals surface area contributed by atoms with Crippen molar-refractivity contribution in [2.75, 3.05) is 0 Å². The number of hydrogen-bond donors (Lipinski definition) is 0. The summed E-state index contributed by atoms with van der Waals surface area (Å²) >= 11 is 0. The monoisotopic (exact) mass is 272 g/mol. The van der Waals surface area contributed by atoms with E-state index in [9.17, 15) is 19.8 Å². The van der Waals surface area contributed by atoms with Crippen LogP contribution in [0.4, 0.5) is 0 Å². The van der Waals surface area contributed by atoms with Crippen molar-refractivity contribution < 1.29 is 68.2 Å². The number of benzene rings is 2. The summed E-state index contributed by atoms with van der Waals surface area (Å²) in [4.78, 5) is 20.2. The molecule has 20 heavy (non-hydrogen) atoms. The standard InChI is InChI=1S/2C7H6O2.Li.Na/c2*8-7(9)6-4-2-1-3-5-6;;/h2*1-5H,(H,8,9);;/q;;2*+1/p-2. The number of carboxylic acids is 2. The molecule has 2 aromatic carbocycles. The molecule has 0 radical (unpaired) electrons. The minimum absolute atomic E-state index is 0. The van der Waals surface area contributed by atoms with Crippen LogP contribution in [-0.2, 0) is 0 Å². The molecule has 0 aliphatic carbocycles. The average Bonchev–Trinajstić information content (AvgIpc) is 2.41. The molecule has 92 valence electrons. The van der Waals surface area contributed by atoms with Crippen molar-refractivity contribution >= 4 is 11.9 Å². The predicted octanol–water partition coefficient (Wildman–Crippen LogP) is -5.89. The molecule has 0 N–H and O–H groups in total. The van der Waals surface area contributed by atoms with Gasteiger partial charge in [0, 0.05) is 0 Å². The molecule has 0 saturated carbocycles. The Morgan fingerprint density at radius 1 is 0.650 bits per heavy atom. The molecule has 0 aliphatic heterocycles. The van der Waals surface area contributed by atoms with E-state index in [-0.39, 0.29) is 59.5 Å². The summed E-state index contributed by atoms with van der Waals surface area (Å²) in [5, 5.41) is 20.2. The zero-order valence-corrected chi connectivity index (χ0v) is 13.4. The Labute approximate surface area is 151 Å². The van der Waals surface area contributed by atoms with Crippen molar-refractivity contribution in [1.82, 2.24) is 0 Å². The number of aromatic carboxylic acids is 2. The number of carbonyl (C=O) groups is 2. The molecule has 0 bridgehead atoms. The van der Waals surface area contributed by atoms with Crippen LogP contribution >= 0.6 is 0 Å². The Morgan fingerprint density at radius 3 is 1.05 bits per heavy atom. The van der Waals surface area contributed by atoms with Gasteiger partial charge in [-0.1, -0.05) is 60.7 Å². The molecule has 0 atom stereocenters. The fourth-order valence-electron chi connectivity index (χ4n) is 1.15. The van der Waals surface area contributed by atoms with E-state index in [2.05, 4.69) is 0 Å². The first-order valence-electron chi connectivity index (χ1n) is 5.14. The van der Waals surface area contributed by atoms with E-state index in [4.69, 9.17) is 0 Å². The fourth-order valence-corrected chi connectivity index (χ4v) is 1.15. The summed E-state index contributed by atoms with van der Waals surface area (Å²) in [6, 6.07) is 16.1. The minimum atomic E-state index is -1.13. The Hall–Kier alpha value is -1.02. The molecule has 2 aromatic rings. The van der Waals surface area contributed by atoms with E-state index >= 15 is 0 Å². The van der Waals surface area contributed by atoms with Gasteiger partial charge in [0.05, 0.1) is 11.9 Å². The second kappa shape index (κ2) is 11.8. The largest absolute Gasteiger partial charge is 1.00 e. The van der Waals surface area contributed by atoms with Crippen LogP contribution in [0.3, 0.4) is 0 Å². The van der Waals surface area contributed by atoms with Crippen molar-refractivity contribution in [3.63, 3.8) is 0 Å². The molecule has 4 nitrogen and oxygen atoms in total. The van der Waals surface area contributed by atoms with Crippen molar-refractivity contribution in [1.29, 1.82) is 0 Å². The number of hydrogen-bond acceptors (Lipinski definition) is 4. The molecule has 0 unspecified atom stereocenters. The molecule has 0 aromatic heterocycles. The predicted molar refractivity (Wildman–Crippen MR) is 61.5 cm³/mol. The Kier molecular flexibility index (Phi) is 12.5. The van der Waals surface area contributed by atoms with E-state index < -0.39 is 11.9 Å². The molecule has 0 spiro atoms. The topological polar surface area (TPSA) is 80.3 Å². The van der Waals surface area contributed by atoms with Gasteiger partial charge < -0.3 is 19.8 Å². The second-order valence-corrected chi connectivity index (χ2v) is 3.31. The van der Waals surface area contributed by atoms with Crippen LogP contribution in [0, 0.1) is 0 Å². The van der Waals surface area contributed by atoms with Crippen LogP contribution in [0.25, 0.3) is 0 Å². The van der Waals surface area contributed by atoms with Gasteiger partial charge in [-0.05, 0) is 11.1 Å².